The molecule has 0 bridgehead atoms. The summed E-state index contributed by atoms with van der Waals surface area (Å²) in [5, 5.41) is 7.51. The Balaban J connectivity index is 0.00000122. The predicted molar refractivity (Wildman–Crippen MR) is 122 cm³/mol. The summed E-state index contributed by atoms with van der Waals surface area (Å²) in [4.78, 5) is 9.16. The largest absolute Gasteiger partial charge is 0.483 e. The Kier molecular flexibility index (Phi) is 11.6. The normalized spacial score (nSPS) is 17.4. The molecule has 1 atom stereocenters. The van der Waals surface area contributed by atoms with Crippen LogP contribution in [-0.2, 0) is 15.8 Å². The van der Waals surface area contributed by atoms with E-state index in [2.05, 4.69) is 33.7 Å². The van der Waals surface area contributed by atoms with Gasteiger partial charge in [0.15, 0.2) is 0 Å². The standard InChI is InChI=1S/C20H25BrClNOS.CH2O2/c1-4-7-17(19(22)6-3)18-14-16(21)8-9-20(18)25(24)23-12-10-15(5-2)11-13-23;2-1-3/h4,6-9,14-15H,1,5,10-13H2,2-3H3;1H,(H,2,3)/b17-7-,19-6+;. The molecule has 7 heteroatoms. The summed E-state index contributed by atoms with van der Waals surface area (Å²) in [5.74, 6) is 0.756. The van der Waals surface area contributed by atoms with E-state index in [0.29, 0.717) is 5.03 Å². The quantitative estimate of drug-likeness (QED) is 0.394. The Morgan fingerprint density at radius 2 is 2.04 bits per heavy atom. The average molecular weight is 489 g/mol. The Hall–Kier alpha value is -1.21. The van der Waals surface area contributed by atoms with E-state index in [1.165, 1.54) is 6.42 Å². The smallest absolute Gasteiger partial charge is 0.290 e. The molecule has 28 heavy (non-hydrogen) atoms. The Morgan fingerprint density at radius 3 is 2.54 bits per heavy atom. The molecule has 0 aromatic heterocycles. The highest BCUT2D eigenvalue weighted by Crippen LogP contribution is 2.34. The topological polar surface area (TPSA) is 57.6 Å². The zero-order chi connectivity index (χ0) is 21.1. The van der Waals surface area contributed by atoms with Crippen molar-refractivity contribution in [1.82, 2.24) is 4.31 Å². The first kappa shape index (κ1) is 24.8. The third-order valence-corrected chi connectivity index (χ3v) is 7.08. The summed E-state index contributed by atoms with van der Waals surface area (Å²) < 4.78 is 16.3. The molecule has 1 unspecified atom stereocenters. The van der Waals surface area contributed by atoms with Gasteiger partial charge in [-0.25, -0.2) is 8.51 Å². The van der Waals surface area contributed by atoms with Gasteiger partial charge in [0.2, 0.25) is 0 Å². The van der Waals surface area contributed by atoms with Crippen LogP contribution in [0.2, 0.25) is 0 Å². The molecule has 0 spiro atoms. The lowest BCUT2D eigenvalue weighted by Gasteiger charge is -2.30. The molecular formula is C21H27BrClNO3S. The maximum absolute atomic E-state index is 13.3. The van der Waals surface area contributed by atoms with Gasteiger partial charge in [-0.1, -0.05) is 65.7 Å². The van der Waals surface area contributed by atoms with Crippen LogP contribution in [-0.4, -0.2) is 33.2 Å². The molecule has 0 saturated carbocycles. The number of carbonyl (C=O) groups is 1. The highest BCUT2D eigenvalue weighted by Gasteiger charge is 2.25. The maximum Gasteiger partial charge on any atom is 0.290 e. The van der Waals surface area contributed by atoms with Crippen molar-refractivity contribution in [1.29, 1.82) is 0 Å². The highest BCUT2D eigenvalue weighted by atomic mass is 79.9. The van der Waals surface area contributed by atoms with Gasteiger partial charge >= 0.3 is 0 Å². The number of benzene rings is 1. The first-order chi connectivity index (χ1) is 13.4. The number of piperidine rings is 1. The first-order valence-corrected chi connectivity index (χ1v) is 11.4. The van der Waals surface area contributed by atoms with E-state index in [4.69, 9.17) is 21.5 Å². The van der Waals surface area contributed by atoms with Crippen molar-refractivity contribution in [2.24, 2.45) is 5.92 Å². The molecule has 0 aliphatic carbocycles. The fraction of sp³-hybridized carbons (Fsp3) is 0.381. The molecule has 1 aliphatic rings. The minimum Gasteiger partial charge on any atom is -0.483 e. The molecular weight excluding hydrogens is 462 g/mol. The van der Waals surface area contributed by atoms with E-state index in [0.717, 1.165) is 52.4 Å². The van der Waals surface area contributed by atoms with Gasteiger partial charge in [0.25, 0.3) is 6.47 Å². The lowest BCUT2D eigenvalue weighted by molar-refractivity contribution is -0.122. The van der Waals surface area contributed by atoms with Gasteiger partial charge in [0.1, 0.15) is 11.0 Å². The number of halogens is 2. The van der Waals surface area contributed by atoms with Crippen LogP contribution in [0.4, 0.5) is 0 Å². The molecule has 1 saturated heterocycles. The summed E-state index contributed by atoms with van der Waals surface area (Å²) in [6, 6.07) is 5.84. The molecule has 154 valence electrons. The number of nitrogens with zero attached hydrogens (tertiary/aromatic N) is 1. The molecule has 4 nitrogen and oxygen atoms in total. The summed E-state index contributed by atoms with van der Waals surface area (Å²) in [7, 11) is -1.20. The Bertz CT molecular complexity index is 756. The van der Waals surface area contributed by atoms with E-state index in [-0.39, 0.29) is 6.47 Å². The van der Waals surface area contributed by atoms with Crippen LogP contribution in [0.3, 0.4) is 0 Å². The molecule has 1 N–H and O–H groups in total. The van der Waals surface area contributed by atoms with E-state index in [9.17, 15) is 4.21 Å². The Morgan fingerprint density at radius 1 is 1.43 bits per heavy atom. The fourth-order valence-electron chi connectivity index (χ4n) is 3.06. The van der Waals surface area contributed by atoms with Crippen LogP contribution in [0.1, 0.15) is 38.7 Å². The monoisotopic (exact) mass is 487 g/mol. The van der Waals surface area contributed by atoms with E-state index < -0.39 is 11.0 Å². The van der Waals surface area contributed by atoms with Crippen molar-refractivity contribution >= 4 is 50.6 Å². The van der Waals surface area contributed by atoms with Crippen molar-refractivity contribution in [3.63, 3.8) is 0 Å². The highest BCUT2D eigenvalue weighted by molar-refractivity contribution is 9.10. The molecule has 0 radical (unpaired) electrons. The molecule has 1 aromatic carbocycles. The number of rotatable bonds is 6. The second-order valence-corrected chi connectivity index (χ2v) is 9.01. The van der Waals surface area contributed by atoms with Crippen molar-refractivity contribution in [3.8, 4) is 0 Å². The molecule has 1 aromatic rings. The summed E-state index contributed by atoms with van der Waals surface area (Å²) >= 11 is 9.94. The molecule has 0 amide bonds. The van der Waals surface area contributed by atoms with Crippen LogP contribution in [0.25, 0.3) is 5.57 Å². The maximum atomic E-state index is 13.3. The lowest BCUT2D eigenvalue weighted by Crippen LogP contribution is -2.35. The molecule has 1 aliphatic heterocycles. The van der Waals surface area contributed by atoms with Crippen LogP contribution in [0.5, 0.6) is 0 Å². The van der Waals surface area contributed by atoms with Crippen molar-refractivity contribution in [2.45, 2.75) is 38.0 Å². The van der Waals surface area contributed by atoms with Gasteiger partial charge in [-0.15, -0.1) is 0 Å². The van der Waals surface area contributed by atoms with E-state index in [1.54, 1.807) is 6.08 Å². The average Bonchev–Trinajstić information content (AvgIpc) is 2.71. The zero-order valence-electron chi connectivity index (χ0n) is 16.2. The number of allylic oxidation sites excluding steroid dienone is 5. The van der Waals surface area contributed by atoms with Gasteiger partial charge in [-0.2, -0.15) is 0 Å². The second kappa shape index (κ2) is 13.1. The van der Waals surface area contributed by atoms with Crippen molar-refractivity contribution in [3.05, 3.63) is 58.1 Å². The number of carboxylic acid groups (broad SMARTS) is 1. The fourth-order valence-corrected chi connectivity index (χ4v) is 4.95. The molecule has 1 heterocycles. The number of hydrogen-bond acceptors (Lipinski definition) is 2. The SMILES string of the molecule is C=C/C=C(\C(Cl)=C/C)c1cc(Br)ccc1S(=O)N1CCC(CC)CC1.O=CO. The third kappa shape index (κ3) is 6.99. The summed E-state index contributed by atoms with van der Waals surface area (Å²) in [6.45, 7) is 9.41. The van der Waals surface area contributed by atoms with Crippen LogP contribution in [0, 0.1) is 5.92 Å². The predicted octanol–water partition coefficient (Wildman–Crippen LogP) is 6.01. The molecule has 1 fully saturated rings. The minimum absolute atomic E-state index is 0.250. The Labute approximate surface area is 183 Å². The molecule has 2 rings (SSSR count). The van der Waals surface area contributed by atoms with E-state index in [1.807, 2.05) is 37.3 Å². The minimum atomic E-state index is -1.20. The van der Waals surface area contributed by atoms with Crippen molar-refractivity contribution in [2.75, 3.05) is 13.1 Å². The first-order valence-electron chi connectivity index (χ1n) is 9.12. The van der Waals surface area contributed by atoms with Crippen LogP contribution in [0.15, 0.2) is 57.4 Å². The van der Waals surface area contributed by atoms with Gasteiger partial charge in [0.05, 0.1) is 4.90 Å². The van der Waals surface area contributed by atoms with E-state index >= 15 is 0 Å². The van der Waals surface area contributed by atoms with Gasteiger partial charge in [-0.3, -0.25) is 4.79 Å². The third-order valence-electron chi connectivity index (χ3n) is 4.60. The summed E-state index contributed by atoms with van der Waals surface area (Å²) in [5.41, 5.74) is 1.72. The summed E-state index contributed by atoms with van der Waals surface area (Å²) in [6.07, 6.45) is 8.85. The van der Waals surface area contributed by atoms with Crippen LogP contribution >= 0.6 is 27.5 Å². The van der Waals surface area contributed by atoms with Crippen molar-refractivity contribution < 1.29 is 14.1 Å². The second-order valence-electron chi connectivity index (χ2n) is 6.23. The number of hydrogen-bond donors (Lipinski definition) is 1. The van der Waals surface area contributed by atoms with Crippen LogP contribution < -0.4 is 0 Å². The lowest BCUT2D eigenvalue weighted by atomic mass is 9.96. The van der Waals surface area contributed by atoms with Gasteiger partial charge < -0.3 is 5.11 Å². The van der Waals surface area contributed by atoms with Gasteiger partial charge in [-0.05, 0) is 43.9 Å². The zero-order valence-corrected chi connectivity index (χ0v) is 19.4. The van der Waals surface area contributed by atoms with Gasteiger partial charge in [0, 0.05) is 33.7 Å².